The summed E-state index contributed by atoms with van der Waals surface area (Å²) in [7, 11) is -3.92. The third-order valence-corrected chi connectivity index (χ3v) is 4.35. The minimum Gasteiger partial charge on any atom is -0.294 e. The van der Waals surface area contributed by atoms with Gasteiger partial charge in [0.1, 0.15) is 10.7 Å². The van der Waals surface area contributed by atoms with Crippen LogP contribution in [0.3, 0.4) is 0 Å². The number of ketones is 1. The highest BCUT2D eigenvalue weighted by Crippen LogP contribution is 2.26. The molecule has 0 aromatic heterocycles. The first-order chi connectivity index (χ1) is 8.44. The maximum atomic E-state index is 13.5. The van der Waals surface area contributed by atoms with Crippen LogP contribution in [-0.4, -0.2) is 19.7 Å². The number of halogens is 2. The van der Waals surface area contributed by atoms with Gasteiger partial charge in [-0.15, -0.1) is 0 Å². The molecule has 0 amide bonds. The highest BCUT2D eigenvalue weighted by Gasteiger charge is 2.26. The van der Waals surface area contributed by atoms with E-state index in [1.165, 1.54) is 0 Å². The molecule has 0 saturated carbocycles. The summed E-state index contributed by atoms with van der Waals surface area (Å²) in [5.41, 5.74) is -1.02. The molecule has 4 nitrogen and oxygen atoms in total. The Bertz CT molecular complexity index is 621. The van der Waals surface area contributed by atoms with Crippen LogP contribution >= 0.6 is 11.6 Å². The molecule has 1 aromatic carbocycles. The molecular weight excluding hydrogens is 293 g/mol. The van der Waals surface area contributed by atoms with E-state index < -0.39 is 27.2 Å². The van der Waals surface area contributed by atoms with Crippen molar-refractivity contribution in [1.29, 1.82) is 0 Å². The van der Waals surface area contributed by atoms with Crippen LogP contribution in [0.2, 0.25) is 5.02 Å². The molecule has 0 aliphatic rings. The van der Waals surface area contributed by atoms with Gasteiger partial charge < -0.3 is 0 Å². The van der Waals surface area contributed by atoms with Gasteiger partial charge in [-0.3, -0.25) is 4.79 Å². The van der Waals surface area contributed by atoms with E-state index >= 15 is 0 Å². The molecule has 0 bridgehead atoms. The van der Waals surface area contributed by atoms with Gasteiger partial charge in [0.15, 0.2) is 5.78 Å². The Morgan fingerprint density at radius 2 is 1.84 bits per heavy atom. The molecule has 0 radical (unpaired) electrons. The second kappa shape index (κ2) is 5.19. The standard InChI is InChI=1S/C12H15ClFNO3S/c1-7(16)8-5-11(9(13)6-10(8)14)19(17,18)15-12(2,3)4/h5-6,15H,1-4H3. The zero-order valence-corrected chi connectivity index (χ0v) is 12.6. The second-order valence-corrected chi connectivity index (χ2v) is 7.23. The smallest absolute Gasteiger partial charge is 0.242 e. The average Bonchev–Trinajstić information content (AvgIpc) is 2.11. The number of hydrogen-bond donors (Lipinski definition) is 1. The summed E-state index contributed by atoms with van der Waals surface area (Å²) in [6, 6.07) is 1.78. The van der Waals surface area contributed by atoms with Crippen LogP contribution in [0.1, 0.15) is 38.1 Å². The van der Waals surface area contributed by atoms with E-state index in [0.29, 0.717) is 0 Å². The van der Waals surface area contributed by atoms with Crippen molar-refractivity contribution in [3.63, 3.8) is 0 Å². The van der Waals surface area contributed by atoms with E-state index in [1.54, 1.807) is 20.8 Å². The Morgan fingerprint density at radius 1 is 1.32 bits per heavy atom. The van der Waals surface area contributed by atoms with Gasteiger partial charge in [-0.2, -0.15) is 0 Å². The molecule has 7 heteroatoms. The predicted octanol–water partition coefficient (Wildman–Crippen LogP) is 2.76. The Balaban J connectivity index is 3.43. The van der Waals surface area contributed by atoms with Crippen molar-refractivity contribution in [2.45, 2.75) is 38.1 Å². The molecule has 106 valence electrons. The highest BCUT2D eigenvalue weighted by molar-refractivity contribution is 7.89. The third-order valence-electron chi connectivity index (χ3n) is 2.13. The van der Waals surface area contributed by atoms with Crippen LogP contribution in [0.4, 0.5) is 4.39 Å². The Labute approximate surface area is 117 Å². The number of Topliss-reactive ketones (excluding diaryl/α,β-unsaturated/α-hetero) is 1. The first-order valence-electron chi connectivity index (χ1n) is 5.48. The van der Waals surface area contributed by atoms with Crippen LogP contribution in [0, 0.1) is 5.82 Å². The summed E-state index contributed by atoms with van der Waals surface area (Å²) in [6.07, 6.45) is 0. The van der Waals surface area contributed by atoms with E-state index in [2.05, 4.69) is 4.72 Å². The lowest BCUT2D eigenvalue weighted by molar-refractivity contribution is 0.101. The van der Waals surface area contributed by atoms with E-state index in [1.807, 2.05) is 0 Å². The predicted molar refractivity (Wildman–Crippen MR) is 71.5 cm³/mol. The van der Waals surface area contributed by atoms with E-state index in [4.69, 9.17) is 11.6 Å². The van der Waals surface area contributed by atoms with Gasteiger partial charge in [-0.25, -0.2) is 17.5 Å². The topological polar surface area (TPSA) is 63.2 Å². The Hall–Kier alpha value is -0.980. The molecular formula is C12H15ClFNO3S. The fourth-order valence-corrected chi connectivity index (χ4v) is 3.42. The van der Waals surface area contributed by atoms with Crippen molar-refractivity contribution in [3.05, 3.63) is 28.5 Å². The van der Waals surface area contributed by atoms with Crippen molar-refractivity contribution < 1.29 is 17.6 Å². The van der Waals surface area contributed by atoms with Crippen molar-refractivity contribution in [2.75, 3.05) is 0 Å². The third kappa shape index (κ3) is 3.99. The van der Waals surface area contributed by atoms with Crippen molar-refractivity contribution in [1.82, 2.24) is 4.72 Å². The monoisotopic (exact) mass is 307 g/mol. The summed E-state index contributed by atoms with van der Waals surface area (Å²) in [5, 5.41) is -0.265. The minimum atomic E-state index is -3.92. The van der Waals surface area contributed by atoms with Crippen LogP contribution < -0.4 is 4.72 Å². The number of hydrogen-bond acceptors (Lipinski definition) is 3. The molecule has 0 spiro atoms. The van der Waals surface area contributed by atoms with Crippen molar-refractivity contribution >= 4 is 27.4 Å². The van der Waals surface area contributed by atoms with Crippen molar-refractivity contribution in [3.8, 4) is 0 Å². The number of carbonyl (C=O) groups is 1. The maximum absolute atomic E-state index is 13.5. The molecule has 1 aromatic rings. The normalized spacial score (nSPS) is 12.5. The van der Waals surface area contributed by atoms with Gasteiger partial charge in [0, 0.05) is 5.54 Å². The first kappa shape index (κ1) is 16.1. The molecule has 0 saturated heterocycles. The maximum Gasteiger partial charge on any atom is 0.242 e. The fourth-order valence-electron chi connectivity index (χ4n) is 1.46. The molecule has 0 aliphatic heterocycles. The van der Waals surface area contributed by atoms with Gasteiger partial charge in [-0.05, 0) is 39.8 Å². The lowest BCUT2D eigenvalue weighted by atomic mass is 10.1. The number of sulfonamides is 1. The summed E-state index contributed by atoms with van der Waals surface area (Å²) < 4.78 is 40.1. The second-order valence-electron chi connectivity index (χ2n) is 5.17. The average molecular weight is 308 g/mol. The summed E-state index contributed by atoms with van der Waals surface area (Å²) >= 11 is 5.75. The lowest BCUT2D eigenvalue weighted by Gasteiger charge is -2.21. The number of nitrogens with one attached hydrogen (secondary N) is 1. The molecule has 1 N–H and O–H groups in total. The Morgan fingerprint density at radius 3 is 2.26 bits per heavy atom. The van der Waals surface area contributed by atoms with Crippen LogP contribution in [0.5, 0.6) is 0 Å². The zero-order chi connectivity index (χ0) is 15.0. The number of carbonyl (C=O) groups excluding carboxylic acids is 1. The van der Waals surface area contributed by atoms with Gasteiger partial charge in [-0.1, -0.05) is 11.6 Å². The Kier molecular flexibility index (Phi) is 4.39. The van der Waals surface area contributed by atoms with E-state index in [-0.39, 0.29) is 15.5 Å². The SMILES string of the molecule is CC(=O)c1cc(S(=O)(=O)NC(C)(C)C)c(Cl)cc1F. The fraction of sp³-hybridized carbons (Fsp3) is 0.417. The van der Waals surface area contributed by atoms with Crippen LogP contribution in [-0.2, 0) is 10.0 Å². The van der Waals surface area contributed by atoms with E-state index in [0.717, 1.165) is 19.1 Å². The molecule has 0 fully saturated rings. The number of benzene rings is 1. The number of rotatable bonds is 3. The summed E-state index contributed by atoms with van der Waals surface area (Å²) in [4.78, 5) is 10.9. The largest absolute Gasteiger partial charge is 0.294 e. The van der Waals surface area contributed by atoms with Gasteiger partial charge in [0.25, 0.3) is 0 Å². The first-order valence-corrected chi connectivity index (χ1v) is 7.34. The molecule has 0 atom stereocenters. The molecule has 1 rings (SSSR count). The van der Waals surface area contributed by atoms with Crippen LogP contribution in [0.15, 0.2) is 17.0 Å². The molecule has 0 heterocycles. The van der Waals surface area contributed by atoms with Gasteiger partial charge in [0.2, 0.25) is 10.0 Å². The quantitative estimate of drug-likeness (QED) is 0.873. The minimum absolute atomic E-state index is 0.265. The highest BCUT2D eigenvalue weighted by atomic mass is 35.5. The zero-order valence-electron chi connectivity index (χ0n) is 11.0. The summed E-state index contributed by atoms with van der Waals surface area (Å²) in [5.74, 6) is -1.41. The van der Waals surface area contributed by atoms with Crippen LogP contribution in [0.25, 0.3) is 0 Å². The molecule has 0 aliphatic carbocycles. The van der Waals surface area contributed by atoms with Crippen molar-refractivity contribution in [2.24, 2.45) is 0 Å². The lowest BCUT2D eigenvalue weighted by Crippen LogP contribution is -2.40. The van der Waals surface area contributed by atoms with Gasteiger partial charge >= 0.3 is 0 Å². The van der Waals surface area contributed by atoms with E-state index in [9.17, 15) is 17.6 Å². The molecule has 0 unspecified atom stereocenters. The molecule has 19 heavy (non-hydrogen) atoms. The summed E-state index contributed by atoms with van der Waals surface area (Å²) in [6.45, 7) is 6.13. The van der Waals surface area contributed by atoms with Gasteiger partial charge in [0.05, 0.1) is 10.6 Å².